The van der Waals surface area contributed by atoms with E-state index >= 15 is 0 Å². The van der Waals surface area contributed by atoms with Gasteiger partial charge in [0, 0.05) is 10.2 Å². The zero-order valence-corrected chi connectivity index (χ0v) is 13.2. The monoisotopic (exact) mass is 359 g/mol. The maximum Gasteiger partial charge on any atom is 0.247 e. The third kappa shape index (κ3) is 3.28. The van der Waals surface area contributed by atoms with Crippen molar-refractivity contribution < 1.29 is 9.59 Å². The van der Waals surface area contributed by atoms with E-state index in [-0.39, 0.29) is 18.2 Å². The van der Waals surface area contributed by atoms with E-state index in [1.165, 1.54) is 0 Å². The van der Waals surface area contributed by atoms with Gasteiger partial charge in [-0.25, -0.2) is 0 Å². The number of anilines is 3. The van der Waals surface area contributed by atoms with Crippen LogP contribution in [0.1, 0.15) is 6.42 Å². The summed E-state index contributed by atoms with van der Waals surface area (Å²) in [6.07, 6.45) is 0.0657. The van der Waals surface area contributed by atoms with Gasteiger partial charge < -0.3 is 16.0 Å². The number of hydrogen-bond donors (Lipinski definition) is 3. The van der Waals surface area contributed by atoms with Crippen molar-refractivity contribution in [1.29, 1.82) is 0 Å². The van der Waals surface area contributed by atoms with E-state index in [0.29, 0.717) is 5.69 Å². The van der Waals surface area contributed by atoms with Gasteiger partial charge in [0.05, 0.1) is 17.8 Å². The van der Waals surface area contributed by atoms with Crippen LogP contribution in [0.25, 0.3) is 0 Å². The highest BCUT2D eigenvalue weighted by molar-refractivity contribution is 9.10. The SMILES string of the molecule is O=C(CC1Nc2ccccc2NC1=O)Nc1ccc(Br)cc1. The van der Waals surface area contributed by atoms with Crippen LogP contribution in [0, 0.1) is 0 Å². The average Bonchev–Trinajstić information content (AvgIpc) is 2.50. The lowest BCUT2D eigenvalue weighted by molar-refractivity contribution is -0.122. The van der Waals surface area contributed by atoms with Crippen LogP contribution >= 0.6 is 15.9 Å². The van der Waals surface area contributed by atoms with Gasteiger partial charge in [-0.05, 0) is 36.4 Å². The van der Waals surface area contributed by atoms with Gasteiger partial charge in [0.1, 0.15) is 6.04 Å². The van der Waals surface area contributed by atoms with Crippen molar-refractivity contribution in [3.63, 3.8) is 0 Å². The number of amides is 2. The van der Waals surface area contributed by atoms with Gasteiger partial charge >= 0.3 is 0 Å². The highest BCUT2D eigenvalue weighted by Crippen LogP contribution is 2.26. The molecule has 1 heterocycles. The maximum atomic E-state index is 12.1. The summed E-state index contributed by atoms with van der Waals surface area (Å²) in [5.74, 6) is -0.418. The summed E-state index contributed by atoms with van der Waals surface area (Å²) in [7, 11) is 0. The molecule has 0 radical (unpaired) electrons. The van der Waals surface area contributed by atoms with Crippen LogP contribution in [-0.4, -0.2) is 17.9 Å². The van der Waals surface area contributed by atoms with Crippen molar-refractivity contribution in [2.75, 3.05) is 16.0 Å². The summed E-state index contributed by atoms with van der Waals surface area (Å²) < 4.78 is 0.940. The van der Waals surface area contributed by atoms with Gasteiger partial charge in [-0.15, -0.1) is 0 Å². The summed E-state index contributed by atoms with van der Waals surface area (Å²) in [6.45, 7) is 0. The Labute approximate surface area is 136 Å². The summed E-state index contributed by atoms with van der Waals surface area (Å²) in [5.41, 5.74) is 2.26. The first-order valence-corrected chi connectivity index (χ1v) is 7.63. The maximum absolute atomic E-state index is 12.1. The minimum atomic E-state index is -0.578. The lowest BCUT2D eigenvalue weighted by Crippen LogP contribution is -2.41. The second-order valence-corrected chi connectivity index (χ2v) is 5.91. The van der Waals surface area contributed by atoms with Crippen LogP contribution in [0.4, 0.5) is 17.1 Å². The lowest BCUT2D eigenvalue weighted by Gasteiger charge is -2.26. The third-order valence-electron chi connectivity index (χ3n) is 3.35. The first kappa shape index (κ1) is 14.6. The number of carbonyl (C=O) groups is 2. The molecule has 0 saturated heterocycles. The molecule has 0 aliphatic carbocycles. The molecule has 6 heteroatoms. The van der Waals surface area contributed by atoms with Crippen LogP contribution in [0.3, 0.4) is 0 Å². The van der Waals surface area contributed by atoms with E-state index in [9.17, 15) is 9.59 Å². The number of carbonyl (C=O) groups excluding carboxylic acids is 2. The molecule has 0 aromatic heterocycles. The smallest absolute Gasteiger partial charge is 0.247 e. The van der Waals surface area contributed by atoms with Crippen molar-refractivity contribution in [3.05, 3.63) is 53.0 Å². The van der Waals surface area contributed by atoms with Crippen molar-refractivity contribution in [2.45, 2.75) is 12.5 Å². The van der Waals surface area contributed by atoms with Crippen molar-refractivity contribution in [1.82, 2.24) is 0 Å². The molecule has 0 spiro atoms. The second kappa shape index (κ2) is 6.19. The molecule has 2 aromatic carbocycles. The average molecular weight is 360 g/mol. The molecule has 2 aromatic rings. The summed E-state index contributed by atoms with van der Waals surface area (Å²) in [6, 6.07) is 14.1. The largest absolute Gasteiger partial charge is 0.372 e. The van der Waals surface area contributed by atoms with Crippen molar-refractivity contribution in [2.24, 2.45) is 0 Å². The molecule has 1 aliphatic rings. The number of hydrogen-bond acceptors (Lipinski definition) is 3. The first-order valence-electron chi connectivity index (χ1n) is 6.84. The van der Waals surface area contributed by atoms with Gasteiger partial charge in [0.25, 0.3) is 0 Å². The Balaban J connectivity index is 1.64. The Morgan fingerprint density at radius 1 is 1.09 bits per heavy atom. The number of halogens is 1. The van der Waals surface area contributed by atoms with Crippen molar-refractivity contribution in [3.8, 4) is 0 Å². The molecular weight excluding hydrogens is 346 g/mol. The van der Waals surface area contributed by atoms with E-state index in [4.69, 9.17) is 0 Å². The Kier molecular flexibility index (Phi) is 4.11. The molecule has 2 amide bonds. The third-order valence-corrected chi connectivity index (χ3v) is 3.88. The summed E-state index contributed by atoms with van der Waals surface area (Å²) >= 11 is 3.34. The Bertz CT molecular complexity index is 716. The minimum Gasteiger partial charge on any atom is -0.372 e. The predicted molar refractivity (Wildman–Crippen MR) is 89.9 cm³/mol. The van der Waals surface area contributed by atoms with Gasteiger partial charge in [-0.2, -0.15) is 0 Å². The zero-order chi connectivity index (χ0) is 15.5. The van der Waals surface area contributed by atoms with E-state index in [1.807, 2.05) is 36.4 Å². The molecule has 0 bridgehead atoms. The van der Waals surface area contributed by atoms with E-state index in [0.717, 1.165) is 15.8 Å². The van der Waals surface area contributed by atoms with Crippen LogP contribution in [-0.2, 0) is 9.59 Å². The highest BCUT2D eigenvalue weighted by atomic mass is 79.9. The summed E-state index contributed by atoms with van der Waals surface area (Å²) in [5, 5.41) is 8.67. The van der Waals surface area contributed by atoms with Gasteiger partial charge in [0.2, 0.25) is 11.8 Å². The molecule has 112 valence electrons. The van der Waals surface area contributed by atoms with E-state index in [2.05, 4.69) is 31.9 Å². The first-order chi connectivity index (χ1) is 10.6. The fourth-order valence-electron chi connectivity index (χ4n) is 2.27. The molecule has 22 heavy (non-hydrogen) atoms. The second-order valence-electron chi connectivity index (χ2n) is 4.99. The predicted octanol–water partition coefficient (Wildman–Crippen LogP) is 3.21. The normalized spacial score (nSPS) is 16.2. The topological polar surface area (TPSA) is 70.2 Å². The van der Waals surface area contributed by atoms with Crippen LogP contribution < -0.4 is 16.0 Å². The molecular formula is C16H14BrN3O2. The molecule has 1 aliphatic heterocycles. The standard InChI is InChI=1S/C16H14BrN3O2/c17-10-5-7-11(8-6-10)18-15(21)9-14-16(22)20-13-4-2-1-3-12(13)19-14/h1-8,14,19H,9H2,(H,18,21)(H,20,22). The number of para-hydroxylation sites is 2. The number of nitrogens with one attached hydrogen (secondary N) is 3. The number of rotatable bonds is 3. The van der Waals surface area contributed by atoms with Crippen LogP contribution in [0.2, 0.25) is 0 Å². The number of fused-ring (bicyclic) bond motifs is 1. The molecule has 1 unspecified atom stereocenters. The fourth-order valence-corrected chi connectivity index (χ4v) is 2.53. The quantitative estimate of drug-likeness (QED) is 0.787. The molecule has 5 nitrogen and oxygen atoms in total. The van der Waals surface area contributed by atoms with E-state index in [1.54, 1.807) is 12.1 Å². The number of benzene rings is 2. The zero-order valence-electron chi connectivity index (χ0n) is 11.6. The van der Waals surface area contributed by atoms with Crippen LogP contribution in [0.15, 0.2) is 53.0 Å². The molecule has 0 saturated carbocycles. The van der Waals surface area contributed by atoms with Gasteiger partial charge in [-0.3, -0.25) is 9.59 Å². The van der Waals surface area contributed by atoms with Crippen molar-refractivity contribution >= 4 is 44.8 Å². The Morgan fingerprint density at radius 2 is 1.77 bits per heavy atom. The van der Waals surface area contributed by atoms with E-state index < -0.39 is 6.04 Å². The fraction of sp³-hybridized carbons (Fsp3) is 0.125. The van der Waals surface area contributed by atoms with Gasteiger partial charge in [-0.1, -0.05) is 28.1 Å². The summed E-state index contributed by atoms with van der Waals surface area (Å²) in [4.78, 5) is 24.1. The Morgan fingerprint density at radius 3 is 2.50 bits per heavy atom. The Hall–Kier alpha value is -2.34. The lowest BCUT2D eigenvalue weighted by atomic mass is 10.1. The minimum absolute atomic E-state index is 0.0657. The molecule has 1 atom stereocenters. The van der Waals surface area contributed by atoms with Crippen LogP contribution in [0.5, 0.6) is 0 Å². The molecule has 3 rings (SSSR count). The molecule has 3 N–H and O–H groups in total. The highest BCUT2D eigenvalue weighted by Gasteiger charge is 2.27. The molecule has 0 fully saturated rings. The van der Waals surface area contributed by atoms with Gasteiger partial charge in [0.15, 0.2) is 0 Å².